The number of nitriles is 1. The summed E-state index contributed by atoms with van der Waals surface area (Å²) in [6, 6.07) is 9.08. The summed E-state index contributed by atoms with van der Waals surface area (Å²) in [4.78, 5) is 11.6. The van der Waals surface area contributed by atoms with E-state index in [2.05, 4.69) is 5.32 Å². The Morgan fingerprint density at radius 1 is 1.42 bits per heavy atom. The van der Waals surface area contributed by atoms with Crippen molar-refractivity contribution in [2.45, 2.75) is 13.8 Å². The van der Waals surface area contributed by atoms with Crippen LogP contribution in [-0.4, -0.2) is 19.7 Å². The molecule has 0 atom stereocenters. The van der Waals surface area contributed by atoms with Crippen LogP contribution in [0.5, 0.6) is 5.75 Å². The summed E-state index contributed by atoms with van der Waals surface area (Å²) >= 11 is 0. The third-order valence-corrected chi connectivity index (χ3v) is 2.40. The van der Waals surface area contributed by atoms with Gasteiger partial charge in [-0.15, -0.1) is 0 Å². The van der Waals surface area contributed by atoms with E-state index in [-0.39, 0.29) is 12.2 Å². The molecule has 0 fully saturated rings. The average Bonchev–Trinajstić information content (AvgIpc) is 2.40. The minimum Gasteiger partial charge on any atom is -0.495 e. The maximum atomic E-state index is 11.6. The molecule has 5 nitrogen and oxygen atoms in total. The SMILES string of the molecule is CCOC(=O)/C(C#N)=C(/C)Nc1ccccc1OC. The van der Waals surface area contributed by atoms with Crippen molar-refractivity contribution in [1.82, 2.24) is 0 Å². The molecule has 1 N–H and O–H groups in total. The van der Waals surface area contributed by atoms with E-state index in [9.17, 15) is 4.79 Å². The third-order valence-electron chi connectivity index (χ3n) is 2.40. The van der Waals surface area contributed by atoms with E-state index in [0.29, 0.717) is 17.1 Å². The summed E-state index contributed by atoms with van der Waals surface area (Å²) in [7, 11) is 1.55. The van der Waals surface area contributed by atoms with Gasteiger partial charge >= 0.3 is 5.97 Å². The van der Waals surface area contributed by atoms with Crippen LogP contribution in [-0.2, 0) is 9.53 Å². The summed E-state index contributed by atoms with van der Waals surface area (Å²) in [6.45, 7) is 3.56. The highest BCUT2D eigenvalue weighted by Gasteiger charge is 2.14. The van der Waals surface area contributed by atoms with Gasteiger partial charge < -0.3 is 14.8 Å². The number of ether oxygens (including phenoxy) is 2. The second kappa shape index (κ2) is 7.07. The van der Waals surface area contributed by atoms with Crippen molar-refractivity contribution in [3.05, 3.63) is 35.5 Å². The Hall–Kier alpha value is -2.48. The quantitative estimate of drug-likeness (QED) is 0.500. The summed E-state index contributed by atoms with van der Waals surface area (Å²) in [5.74, 6) is -0.00658. The van der Waals surface area contributed by atoms with Gasteiger partial charge in [0.1, 0.15) is 11.8 Å². The summed E-state index contributed by atoms with van der Waals surface area (Å²) in [6.07, 6.45) is 0. The van der Waals surface area contributed by atoms with Gasteiger partial charge in [-0.2, -0.15) is 5.26 Å². The Balaban J connectivity index is 3.02. The molecule has 0 spiro atoms. The number of methoxy groups -OCH3 is 1. The maximum Gasteiger partial charge on any atom is 0.350 e. The fraction of sp³-hybridized carbons (Fsp3) is 0.286. The molecule has 0 aliphatic rings. The lowest BCUT2D eigenvalue weighted by Gasteiger charge is -2.12. The van der Waals surface area contributed by atoms with Crippen molar-refractivity contribution in [3.8, 4) is 11.8 Å². The van der Waals surface area contributed by atoms with Crippen LogP contribution in [0.4, 0.5) is 5.69 Å². The number of carbonyl (C=O) groups is 1. The first kappa shape index (κ1) is 14.6. The summed E-state index contributed by atoms with van der Waals surface area (Å²) in [5, 5.41) is 12.0. The number of carbonyl (C=O) groups excluding carboxylic acids is 1. The topological polar surface area (TPSA) is 71.4 Å². The van der Waals surface area contributed by atoms with E-state index in [4.69, 9.17) is 14.7 Å². The first-order chi connectivity index (χ1) is 9.13. The molecule has 1 aromatic carbocycles. The van der Waals surface area contributed by atoms with Crippen molar-refractivity contribution in [2.24, 2.45) is 0 Å². The monoisotopic (exact) mass is 260 g/mol. The summed E-state index contributed by atoms with van der Waals surface area (Å²) in [5.41, 5.74) is 1.05. The zero-order valence-corrected chi connectivity index (χ0v) is 11.2. The Bertz CT molecular complexity index is 530. The van der Waals surface area contributed by atoms with E-state index in [0.717, 1.165) is 0 Å². The second-order valence-electron chi connectivity index (χ2n) is 3.66. The molecule has 0 aliphatic heterocycles. The molecule has 0 aromatic heterocycles. The predicted molar refractivity (Wildman–Crippen MR) is 71.6 cm³/mol. The number of allylic oxidation sites excluding steroid dienone is 1. The fourth-order valence-corrected chi connectivity index (χ4v) is 1.50. The van der Waals surface area contributed by atoms with Crippen LogP contribution in [0.25, 0.3) is 0 Å². The van der Waals surface area contributed by atoms with Crippen LogP contribution in [0.15, 0.2) is 35.5 Å². The predicted octanol–water partition coefficient (Wildman–Crippen LogP) is 2.47. The number of hydrogen-bond acceptors (Lipinski definition) is 5. The number of anilines is 1. The lowest BCUT2D eigenvalue weighted by atomic mass is 10.2. The van der Waals surface area contributed by atoms with E-state index < -0.39 is 5.97 Å². The highest BCUT2D eigenvalue weighted by atomic mass is 16.5. The number of nitrogens with one attached hydrogen (secondary N) is 1. The number of benzene rings is 1. The van der Waals surface area contributed by atoms with E-state index in [1.54, 1.807) is 33.1 Å². The highest BCUT2D eigenvalue weighted by Crippen LogP contribution is 2.25. The average molecular weight is 260 g/mol. The molecule has 19 heavy (non-hydrogen) atoms. The molecule has 0 amide bonds. The zero-order valence-electron chi connectivity index (χ0n) is 11.2. The lowest BCUT2D eigenvalue weighted by Crippen LogP contribution is -2.11. The van der Waals surface area contributed by atoms with Crippen molar-refractivity contribution >= 4 is 11.7 Å². The standard InChI is InChI=1S/C14H16N2O3/c1-4-19-14(17)11(9-15)10(2)16-12-7-5-6-8-13(12)18-3/h5-8,16H,4H2,1-3H3/b11-10-. The third kappa shape index (κ3) is 3.75. The van der Waals surface area contributed by atoms with E-state index in [1.165, 1.54) is 0 Å². The maximum absolute atomic E-state index is 11.6. The van der Waals surface area contributed by atoms with Gasteiger partial charge in [-0.1, -0.05) is 12.1 Å². The molecule has 0 radical (unpaired) electrons. The summed E-state index contributed by atoms with van der Waals surface area (Å²) < 4.78 is 10.0. The zero-order chi connectivity index (χ0) is 14.3. The molecule has 0 saturated carbocycles. The molecule has 0 heterocycles. The second-order valence-corrected chi connectivity index (χ2v) is 3.66. The largest absolute Gasteiger partial charge is 0.495 e. The number of rotatable bonds is 5. The minimum atomic E-state index is -0.634. The van der Waals surface area contributed by atoms with Gasteiger partial charge in [-0.25, -0.2) is 4.79 Å². The van der Waals surface area contributed by atoms with Crippen molar-refractivity contribution in [2.75, 3.05) is 19.0 Å². The Kier molecular flexibility index (Phi) is 5.42. The van der Waals surface area contributed by atoms with Gasteiger partial charge in [-0.05, 0) is 26.0 Å². The fourth-order valence-electron chi connectivity index (χ4n) is 1.50. The molecular weight excluding hydrogens is 244 g/mol. The van der Waals surface area contributed by atoms with Gasteiger partial charge in [0.05, 0.1) is 19.4 Å². The smallest absolute Gasteiger partial charge is 0.350 e. The van der Waals surface area contributed by atoms with Gasteiger partial charge in [0.2, 0.25) is 0 Å². The number of para-hydroxylation sites is 2. The Morgan fingerprint density at radius 3 is 2.68 bits per heavy atom. The first-order valence-corrected chi connectivity index (χ1v) is 5.82. The Labute approximate surface area is 112 Å². The molecule has 0 bridgehead atoms. The molecule has 5 heteroatoms. The highest BCUT2D eigenvalue weighted by molar-refractivity contribution is 5.94. The number of hydrogen-bond donors (Lipinski definition) is 1. The van der Waals surface area contributed by atoms with Gasteiger partial charge in [-0.3, -0.25) is 0 Å². The van der Waals surface area contributed by atoms with Gasteiger partial charge in [0.25, 0.3) is 0 Å². The van der Waals surface area contributed by atoms with Crippen LogP contribution in [0, 0.1) is 11.3 Å². The van der Waals surface area contributed by atoms with E-state index >= 15 is 0 Å². The Morgan fingerprint density at radius 2 is 2.11 bits per heavy atom. The first-order valence-electron chi connectivity index (χ1n) is 5.82. The minimum absolute atomic E-state index is 0.0484. The van der Waals surface area contributed by atoms with Gasteiger partial charge in [0.15, 0.2) is 5.57 Å². The number of esters is 1. The van der Waals surface area contributed by atoms with Crippen molar-refractivity contribution < 1.29 is 14.3 Å². The molecule has 0 unspecified atom stereocenters. The molecule has 0 aliphatic carbocycles. The normalized spacial score (nSPS) is 11.1. The van der Waals surface area contributed by atoms with Crippen molar-refractivity contribution in [1.29, 1.82) is 5.26 Å². The molecule has 0 saturated heterocycles. The molecule has 1 aromatic rings. The van der Waals surface area contributed by atoms with Crippen LogP contribution in [0.3, 0.4) is 0 Å². The number of nitrogens with zero attached hydrogens (tertiary/aromatic N) is 1. The van der Waals surface area contributed by atoms with Crippen LogP contribution >= 0.6 is 0 Å². The lowest BCUT2D eigenvalue weighted by molar-refractivity contribution is -0.138. The molecule has 100 valence electrons. The van der Waals surface area contributed by atoms with Crippen molar-refractivity contribution in [3.63, 3.8) is 0 Å². The molecular formula is C14H16N2O3. The van der Waals surface area contributed by atoms with Crippen LogP contribution in [0.2, 0.25) is 0 Å². The van der Waals surface area contributed by atoms with Crippen LogP contribution < -0.4 is 10.1 Å². The van der Waals surface area contributed by atoms with E-state index in [1.807, 2.05) is 18.2 Å². The van der Waals surface area contributed by atoms with Gasteiger partial charge in [0, 0.05) is 5.70 Å². The van der Waals surface area contributed by atoms with Crippen LogP contribution in [0.1, 0.15) is 13.8 Å². The molecule has 1 rings (SSSR count).